The van der Waals surface area contributed by atoms with E-state index >= 15 is 0 Å². The molecule has 3 aromatic carbocycles. The second kappa shape index (κ2) is 7.71. The molecule has 0 saturated heterocycles. The lowest BCUT2D eigenvalue weighted by Gasteiger charge is -2.08. The second-order valence-corrected chi connectivity index (χ2v) is 7.12. The normalized spacial score (nSPS) is 14.5. The Bertz CT molecular complexity index is 1130. The van der Waals surface area contributed by atoms with Gasteiger partial charge < -0.3 is 10.1 Å². The molecule has 30 heavy (non-hydrogen) atoms. The SMILES string of the molecule is Cc1cccc(COc2ccc(/C=C3/C(=O)Nc4cc(C(F)(F)F)ccc43)cc2)c1. The highest BCUT2D eigenvalue weighted by Gasteiger charge is 2.33. The Morgan fingerprint density at radius 3 is 2.47 bits per heavy atom. The van der Waals surface area contributed by atoms with Crippen molar-refractivity contribution in [3.8, 4) is 5.75 Å². The zero-order chi connectivity index (χ0) is 21.3. The van der Waals surface area contributed by atoms with Crippen molar-refractivity contribution >= 4 is 23.2 Å². The number of hydrogen-bond acceptors (Lipinski definition) is 2. The molecule has 0 radical (unpaired) electrons. The first-order valence-corrected chi connectivity index (χ1v) is 9.33. The lowest BCUT2D eigenvalue weighted by Crippen LogP contribution is -2.06. The number of amides is 1. The van der Waals surface area contributed by atoms with E-state index in [1.807, 2.05) is 25.1 Å². The van der Waals surface area contributed by atoms with Crippen LogP contribution in [0.25, 0.3) is 11.6 Å². The van der Waals surface area contributed by atoms with Gasteiger partial charge in [0.2, 0.25) is 0 Å². The monoisotopic (exact) mass is 409 g/mol. The molecule has 152 valence electrons. The van der Waals surface area contributed by atoms with E-state index in [4.69, 9.17) is 4.74 Å². The standard InChI is InChI=1S/C24H18F3NO2/c1-15-3-2-4-17(11-15)14-30-19-8-5-16(6-9-19)12-21-20-10-7-18(24(25,26)27)13-22(20)28-23(21)29/h2-13H,14H2,1H3,(H,28,29)/b21-12+. The van der Waals surface area contributed by atoms with Crippen LogP contribution in [0.3, 0.4) is 0 Å². The van der Waals surface area contributed by atoms with E-state index in [0.717, 1.165) is 28.8 Å². The van der Waals surface area contributed by atoms with Crippen LogP contribution in [0, 0.1) is 6.92 Å². The molecule has 1 amide bonds. The highest BCUT2D eigenvalue weighted by Crippen LogP contribution is 2.38. The Morgan fingerprint density at radius 1 is 1.00 bits per heavy atom. The first kappa shape index (κ1) is 19.8. The summed E-state index contributed by atoms with van der Waals surface area (Å²) in [5.74, 6) is 0.258. The van der Waals surface area contributed by atoms with E-state index in [2.05, 4.69) is 11.4 Å². The minimum absolute atomic E-state index is 0.166. The third kappa shape index (κ3) is 4.22. The van der Waals surface area contributed by atoms with Crippen LogP contribution in [0.1, 0.15) is 27.8 Å². The van der Waals surface area contributed by atoms with Crippen LogP contribution in [-0.4, -0.2) is 5.91 Å². The van der Waals surface area contributed by atoms with Crippen LogP contribution < -0.4 is 10.1 Å². The molecule has 6 heteroatoms. The van der Waals surface area contributed by atoms with Crippen LogP contribution in [0.2, 0.25) is 0 Å². The smallest absolute Gasteiger partial charge is 0.416 e. The molecule has 0 fully saturated rings. The largest absolute Gasteiger partial charge is 0.489 e. The molecule has 3 nitrogen and oxygen atoms in total. The van der Waals surface area contributed by atoms with Gasteiger partial charge in [0.1, 0.15) is 12.4 Å². The quantitative estimate of drug-likeness (QED) is 0.530. The summed E-state index contributed by atoms with van der Waals surface area (Å²) < 4.78 is 44.4. The number of hydrogen-bond donors (Lipinski definition) is 1. The summed E-state index contributed by atoms with van der Waals surface area (Å²) >= 11 is 0. The number of alkyl halides is 3. The minimum atomic E-state index is -4.46. The summed E-state index contributed by atoms with van der Waals surface area (Å²) in [6.07, 6.45) is -2.81. The van der Waals surface area contributed by atoms with Gasteiger partial charge in [-0.15, -0.1) is 0 Å². The molecule has 0 spiro atoms. The fourth-order valence-corrected chi connectivity index (χ4v) is 3.31. The van der Waals surface area contributed by atoms with Crippen molar-refractivity contribution in [2.75, 3.05) is 5.32 Å². The molecule has 1 N–H and O–H groups in total. The van der Waals surface area contributed by atoms with Gasteiger partial charge >= 0.3 is 6.18 Å². The molecule has 1 aliphatic heterocycles. The number of fused-ring (bicyclic) bond motifs is 1. The molecule has 0 aliphatic carbocycles. The van der Waals surface area contributed by atoms with Gasteiger partial charge in [-0.2, -0.15) is 13.2 Å². The summed E-state index contributed by atoms with van der Waals surface area (Å²) in [5.41, 5.74) is 3.13. The number of benzene rings is 3. The van der Waals surface area contributed by atoms with Crippen molar-refractivity contribution in [3.05, 3.63) is 94.5 Å². The number of carbonyl (C=O) groups excluding carboxylic acids is 1. The van der Waals surface area contributed by atoms with E-state index in [0.29, 0.717) is 23.5 Å². The van der Waals surface area contributed by atoms with Crippen LogP contribution in [0.15, 0.2) is 66.7 Å². The minimum Gasteiger partial charge on any atom is -0.489 e. The maximum atomic E-state index is 12.9. The van der Waals surface area contributed by atoms with E-state index in [1.165, 1.54) is 6.07 Å². The van der Waals surface area contributed by atoms with Gasteiger partial charge in [-0.25, -0.2) is 0 Å². The van der Waals surface area contributed by atoms with Crippen molar-refractivity contribution in [3.63, 3.8) is 0 Å². The fourth-order valence-electron chi connectivity index (χ4n) is 3.31. The van der Waals surface area contributed by atoms with Crippen molar-refractivity contribution in [2.24, 2.45) is 0 Å². The Balaban J connectivity index is 1.51. The molecular weight excluding hydrogens is 391 g/mol. The molecule has 0 unspecified atom stereocenters. The van der Waals surface area contributed by atoms with Gasteiger partial charge in [0, 0.05) is 16.8 Å². The first-order valence-electron chi connectivity index (χ1n) is 9.33. The van der Waals surface area contributed by atoms with Gasteiger partial charge in [-0.1, -0.05) is 48.0 Å². The summed E-state index contributed by atoms with van der Waals surface area (Å²) in [7, 11) is 0. The number of nitrogens with one attached hydrogen (secondary N) is 1. The number of halogens is 3. The maximum Gasteiger partial charge on any atom is 0.416 e. The van der Waals surface area contributed by atoms with Crippen LogP contribution in [0.5, 0.6) is 5.75 Å². The molecular formula is C24H18F3NO2. The van der Waals surface area contributed by atoms with Gasteiger partial charge in [-0.05, 0) is 48.4 Å². The Hall–Kier alpha value is -3.54. The Kier molecular flexibility index (Phi) is 5.08. The second-order valence-electron chi connectivity index (χ2n) is 7.12. The molecule has 0 atom stereocenters. The van der Waals surface area contributed by atoms with E-state index in [9.17, 15) is 18.0 Å². The molecule has 1 aliphatic rings. The highest BCUT2D eigenvalue weighted by molar-refractivity contribution is 6.34. The molecule has 1 heterocycles. The average Bonchev–Trinajstić information content (AvgIpc) is 3.01. The van der Waals surface area contributed by atoms with Crippen molar-refractivity contribution in [1.29, 1.82) is 0 Å². The number of rotatable bonds is 4. The number of ether oxygens (including phenoxy) is 1. The number of anilines is 1. The van der Waals surface area contributed by atoms with Crippen molar-refractivity contribution in [1.82, 2.24) is 0 Å². The van der Waals surface area contributed by atoms with E-state index in [1.54, 1.807) is 30.3 Å². The van der Waals surface area contributed by atoms with Crippen LogP contribution >= 0.6 is 0 Å². The topological polar surface area (TPSA) is 38.3 Å². The highest BCUT2D eigenvalue weighted by atomic mass is 19.4. The predicted octanol–water partition coefficient (Wildman–Crippen LogP) is 6.09. The zero-order valence-corrected chi connectivity index (χ0v) is 16.1. The Labute approximate surface area is 171 Å². The third-order valence-corrected chi connectivity index (χ3v) is 4.81. The average molecular weight is 409 g/mol. The Morgan fingerprint density at radius 2 is 1.77 bits per heavy atom. The van der Waals surface area contributed by atoms with Gasteiger partial charge in [0.25, 0.3) is 5.91 Å². The summed E-state index contributed by atoms with van der Waals surface area (Å²) in [6.45, 7) is 2.46. The number of aryl methyl sites for hydroxylation is 1. The lowest BCUT2D eigenvalue weighted by molar-refractivity contribution is -0.137. The van der Waals surface area contributed by atoms with Gasteiger partial charge in [0.05, 0.1) is 5.56 Å². The predicted molar refractivity (Wildman–Crippen MR) is 110 cm³/mol. The maximum absolute atomic E-state index is 12.9. The zero-order valence-electron chi connectivity index (χ0n) is 16.1. The molecule has 3 aromatic rings. The van der Waals surface area contributed by atoms with Crippen LogP contribution in [0.4, 0.5) is 18.9 Å². The summed E-state index contributed by atoms with van der Waals surface area (Å²) in [6, 6.07) is 18.5. The number of carbonyl (C=O) groups is 1. The van der Waals surface area contributed by atoms with Crippen molar-refractivity contribution in [2.45, 2.75) is 19.7 Å². The fraction of sp³-hybridized carbons (Fsp3) is 0.125. The van der Waals surface area contributed by atoms with Gasteiger partial charge in [0.15, 0.2) is 0 Å². The van der Waals surface area contributed by atoms with Crippen molar-refractivity contribution < 1.29 is 22.7 Å². The van der Waals surface area contributed by atoms with E-state index < -0.39 is 17.6 Å². The summed E-state index contributed by atoms with van der Waals surface area (Å²) in [5, 5.41) is 2.50. The van der Waals surface area contributed by atoms with Gasteiger partial charge in [-0.3, -0.25) is 4.79 Å². The molecule has 0 aromatic heterocycles. The summed E-state index contributed by atoms with van der Waals surface area (Å²) in [4.78, 5) is 12.3. The van der Waals surface area contributed by atoms with Crippen LogP contribution in [-0.2, 0) is 17.6 Å². The van der Waals surface area contributed by atoms with E-state index in [-0.39, 0.29) is 5.69 Å². The molecule has 4 rings (SSSR count). The lowest BCUT2D eigenvalue weighted by atomic mass is 10.0. The third-order valence-electron chi connectivity index (χ3n) is 4.81. The molecule has 0 saturated carbocycles. The molecule has 0 bridgehead atoms. The first-order chi connectivity index (χ1) is 14.3.